The third-order valence-corrected chi connectivity index (χ3v) is 4.44. The molecule has 0 spiro atoms. The quantitative estimate of drug-likeness (QED) is 0.857. The predicted octanol–water partition coefficient (Wildman–Crippen LogP) is 2.63. The van der Waals surface area contributed by atoms with E-state index in [1.807, 2.05) is 0 Å². The molecule has 4 heteroatoms. The molecule has 2 N–H and O–H groups in total. The minimum atomic E-state index is -0.977. The second kappa shape index (κ2) is 4.59. The monoisotopic (exact) mass is 246 g/mol. The number of aromatic carboxylic acids is 1. The summed E-state index contributed by atoms with van der Waals surface area (Å²) in [5, 5.41) is 12.1. The Bertz CT molecular complexity index is 444. The zero-order valence-corrected chi connectivity index (χ0v) is 10.3. The number of carboxylic acid groups (broad SMARTS) is 1. The summed E-state index contributed by atoms with van der Waals surface area (Å²) in [6.07, 6.45) is 7.21. The Kier molecular flexibility index (Phi) is 2.94. The number of pyridine rings is 1. The molecule has 0 saturated heterocycles. The molecule has 2 bridgehead atoms. The van der Waals surface area contributed by atoms with Crippen molar-refractivity contribution in [2.75, 3.05) is 11.9 Å². The molecular weight excluding hydrogens is 228 g/mol. The van der Waals surface area contributed by atoms with Crippen LogP contribution in [0.4, 0.5) is 5.69 Å². The van der Waals surface area contributed by atoms with Gasteiger partial charge in [0.1, 0.15) is 5.69 Å². The first kappa shape index (κ1) is 11.5. The minimum absolute atomic E-state index is 0.0977. The van der Waals surface area contributed by atoms with Gasteiger partial charge in [-0.05, 0) is 49.1 Å². The van der Waals surface area contributed by atoms with Gasteiger partial charge in [-0.2, -0.15) is 0 Å². The summed E-state index contributed by atoms with van der Waals surface area (Å²) in [7, 11) is 0. The number of hydrogen-bond acceptors (Lipinski definition) is 3. The van der Waals surface area contributed by atoms with Gasteiger partial charge in [0.25, 0.3) is 0 Å². The first-order valence-corrected chi connectivity index (χ1v) is 6.65. The first-order chi connectivity index (χ1) is 8.72. The van der Waals surface area contributed by atoms with Crippen molar-refractivity contribution in [1.29, 1.82) is 0 Å². The number of carboxylic acids is 1. The van der Waals surface area contributed by atoms with Crippen LogP contribution in [0.2, 0.25) is 0 Å². The van der Waals surface area contributed by atoms with E-state index in [9.17, 15) is 4.79 Å². The lowest BCUT2D eigenvalue weighted by molar-refractivity contribution is 0.0690. The zero-order chi connectivity index (χ0) is 12.5. The van der Waals surface area contributed by atoms with E-state index in [1.165, 1.54) is 25.7 Å². The fourth-order valence-corrected chi connectivity index (χ4v) is 3.50. The van der Waals surface area contributed by atoms with E-state index in [0.717, 1.165) is 30.0 Å². The molecule has 18 heavy (non-hydrogen) atoms. The number of hydrogen-bond donors (Lipinski definition) is 2. The lowest BCUT2D eigenvalue weighted by atomic mass is 9.89. The van der Waals surface area contributed by atoms with Crippen LogP contribution in [0.25, 0.3) is 0 Å². The van der Waals surface area contributed by atoms with Gasteiger partial charge in [-0.1, -0.05) is 6.42 Å². The van der Waals surface area contributed by atoms with E-state index in [0.29, 0.717) is 0 Å². The van der Waals surface area contributed by atoms with Crippen molar-refractivity contribution in [2.45, 2.75) is 25.7 Å². The summed E-state index contributed by atoms with van der Waals surface area (Å²) in [5.74, 6) is 1.70. The number of anilines is 1. The number of aromatic nitrogens is 1. The molecule has 2 aliphatic rings. The molecule has 96 valence electrons. The number of rotatable bonds is 4. The van der Waals surface area contributed by atoms with Crippen molar-refractivity contribution >= 4 is 11.7 Å². The average molecular weight is 246 g/mol. The summed E-state index contributed by atoms with van der Waals surface area (Å²) in [5.41, 5.74) is 1.02. The number of nitrogens with one attached hydrogen (secondary N) is 1. The van der Waals surface area contributed by atoms with Crippen molar-refractivity contribution in [3.63, 3.8) is 0 Å². The Morgan fingerprint density at radius 3 is 2.83 bits per heavy atom. The van der Waals surface area contributed by atoms with Crippen molar-refractivity contribution < 1.29 is 9.90 Å². The van der Waals surface area contributed by atoms with Crippen molar-refractivity contribution in [3.8, 4) is 0 Å². The van der Waals surface area contributed by atoms with Crippen LogP contribution in [0.3, 0.4) is 0 Å². The maximum Gasteiger partial charge on any atom is 0.354 e. The lowest BCUT2D eigenvalue weighted by Gasteiger charge is -2.22. The fourth-order valence-electron chi connectivity index (χ4n) is 3.50. The van der Waals surface area contributed by atoms with Gasteiger partial charge in [0.15, 0.2) is 0 Å². The van der Waals surface area contributed by atoms with Crippen LogP contribution in [0.1, 0.15) is 36.2 Å². The van der Waals surface area contributed by atoms with E-state index in [2.05, 4.69) is 10.3 Å². The van der Waals surface area contributed by atoms with Gasteiger partial charge in [-0.15, -0.1) is 0 Å². The molecule has 1 aromatic heterocycles. The maximum atomic E-state index is 10.7. The molecule has 0 radical (unpaired) electrons. The lowest BCUT2D eigenvalue weighted by Crippen LogP contribution is -2.20. The highest BCUT2D eigenvalue weighted by molar-refractivity contribution is 5.85. The zero-order valence-electron chi connectivity index (χ0n) is 10.3. The Morgan fingerprint density at radius 1 is 1.39 bits per heavy atom. The van der Waals surface area contributed by atoms with Crippen LogP contribution in [0.5, 0.6) is 0 Å². The molecule has 0 aromatic carbocycles. The van der Waals surface area contributed by atoms with Crippen molar-refractivity contribution in [2.24, 2.45) is 17.8 Å². The molecule has 1 heterocycles. The van der Waals surface area contributed by atoms with E-state index in [4.69, 9.17) is 5.11 Å². The van der Waals surface area contributed by atoms with Crippen LogP contribution in [-0.2, 0) is 0 Å². The average Bonchev–Trinajstić information content (AvgIpc) is 2.99. The predicted molar refractivity (Wildman–Crippen MR) is 68.6 cm³/mol. The number of carbonyl (C=O) groups is 1. The van der Waals surface area contributed by atoms with Gasteiger partial charge in [0, 0.05) is 6.54 Å². The molecule has 2 saturated carbocycles. The molecule has 4 nitrogen and oxygen atoms in total. The molecule has 3 unspecified atom stereocenters. The standard InChI is InChI=1S/C14H18N2O2/c17-14(18)13-4-3-12(8-16-13)15-7-11-6-9-1-2-10(11)5-9/h3-4,8-11,15H,1-2,5-7H2,(H,17,18). The van der Waals surface area contributed by atoms with Crippen LogP contribution in [-0.4, -0.2) is 22.6 Å². The second-order valence-electron chi connectivity index (χ2n) is 5.55. The van der Waals surface area contributed by atoms with Crippen LogP contribution >= 0.6 is 0 Å². The largest absolute Gasteiger partial charge is 0.477 e. The molecule has 2 aliphatic carbocycles. The molecule has 1 aromatic rings. The normalized spacial score (nSPS) is 29.4. The smallest absolute Gasteiger partial charge is 0.354 e. The highest BCUT2D eigenvalue weighted by atomic mass is 16.4. The van der Waals surface area contributed by atoms with E-state index in [1.54, 1.807) is 18.3 Å². The molecule has 2 fully saturated rings. The SMILES string of the molecule is O=C(O)c1ccc(NCC2CC3CCC2C3)cn1. The van der Waals surface area contributed by atoms with Crippen LogP contribution in [0, 0.1) is 17.8 Å². The molecule has 3 atom stereocenters. The highest BCUT2D eigenvalue weighted by Gasteiger charge is 2.38. The third kappa shape index (κ3) is 2.19. The molecule has 0 aliphatic heterocycles. The highest BCUT2D eigenvalue weighted by Crippen LogP contribution is 2.48. The van der Waals surface area contributed by atoms with Gasteiger partial charge in [0.05, 0.1) is 11.9 Å². The number of nitrogens with zero attached hydrogens (tertiary/aromatic N) is 1. The Hall–Kier alpha value is -1.58. The van der Waals surface area contributed by atoms with Crippen LogP contribution < -0.4 is 5.32 Å². The van der Waals surface area contributed by atoms with E-state index < -0.39 is 5.97 Å². The fraction of sp³-hybridized carbons (Fsp3) is 0.571. The Morgan fingerprint density at radius 2 is 2.28 bits per heavy atom. The van der Waals surface area contributed by atoms with Crippen molar-refractivity contribution in [1.82, 2.24) is 4.98 Å². The van der Waals surface area contributed by atoms with Gasteiger partial charge in [-0.25, -0.2) is 9.78 Å². The van der Waals surface area contributed by atoms with E-state index in [-0.39, 0.29) is 5.69 Å². The van der Waals surface area contributed by atoms with Gasteiger partial charge >= 0.3 is 5.97 Å². The van der Waals surface area contributed by atoms with Gasteiger partial charge in [0.2, 0.25) is 0 Å². The summed E-state index contributed by atoms with van der Waals surface area (Å²) in [6.45, 7) is 0.995. The summed E-state index contributed by atoms with van der Waals surface area (Å²) in [6, 6.07) is 3.34. The second-order valence-corrected chi connectivity index (χ2v) is 5.55. The summed E-state index contributed by atoms with van der Waals surface area (Å²) < 4.78 is 0. The Balaban J connectivity index is 1.55. The first-order valence-electron chi connectivity index (χ1n) is 6.65. The van der Waals surface area contributed by atoms with Crippen molar-refractivity contribution in [3.05, 3.63) is 24.0 Å². The van der Waals surface area contributed by atoms with Gasteiger partial charge < -0.3 is 10.4 Å². The summed E-state index contributed by atoms with van der Waals surface area (Å²) in [4.78, 5) is 14.6. The third-order valence-electron chi connectivity index (χ3n) is 4.44. The summed E-state index contributed by atoms with van der Waals surface area (Å²) >= 11 is 0. The molecule has 0 amide bonds. The number of fused-ring (bicyclic) bond motifs is 2. The van der Waals surface area contributed by atoms with Crippen LogP contribution in [0.15, 0.2) is 18.3 Å². The minimum Gasteiger partial charge on any atom is -0.477 e. The Labute approximate surface area is 106 Å². The topological polar surface area (TPSA) is 62.2 Å². The molecule has 3 rings (SSSR count). The van der Waals surface area contributed by atoms with E-state index >= 15 is 0 Å². The molecular formula is C14H18N2O2. The maximum absolute atomic E-state index is 10.7. The van der Waals surface area contributed by atoms with Gasteiger partial charge in [-0.3, -0.25) is 0 Å².